The van der Waals surface area contributed by atoms with E-state index < -0.39 is 0 Å². The van der Waals surface area contributed by atoms with Crippen molar-refractivity contribution in [1.29, 1.82) is 0 Å². The summed E-state index contributed by atoms with van der Waals surface area (Å²) in [6.07, 6.45) is 1.56. The number of benzene rings is 2. The lowest BCUT2D eigenvalue weighted by Crippen LogP contribution is -2.36. The third kappa shape index (κ3) is 4.08. The molecule has 8 heteroatoms. The van der Waals surface area contributed by atoms with Gasteiger partial charge < -0.3 is 19.1 Å². The number of hydrogen-bond donors (Lipinski definition) is 2. The molecular weight excluding hydrogens is 384 g/mol. The first-order chi connectivity index (χ1) is 14.7. The van der Waals surface area contributed by atoms with Crippen LogP contribution in [0.2, 0.25) is 0 Å². The van der Waals surface area contributed by atoms with Crippen LogP contribution in [0.25, 0.3) is 11.3 Å². The quantitative estimate of drug-likeness (QED) is 0.612. The monoisotopic (exact) mass is 408 g/mol. The molecule has 156 valence electrons. The van der Waals surface area contributed by atoms with Crippen LogP contribution in [0.3, 0.4) is 0 Å². The van der Waals surface area contributed by atoms with Crippen molar-refractivity contribution in [3.63, 3.8) is 0 Å². The summed E-state index contributed by atoms with van der Waals surface area (Å²) in [7, 11) is 3.23. The molecule has 0 amide bonds. The van der Waals surface area contributed by atoms with E-state index in [0.717, 1.165) is 30.1 Å². The number of aliphatic imine (C=N–C) groups is 1. The average molecular weight is 408 g/mol. The summed E-state index contributed by atoms with van der Waals surface area (Å²) in [5.74, 6) is 1.39. The fourth-order valence-electron chi connectivity index (χ4n) is 3.40. The van der Waals surface area contributed by atoms with Crippen molar-refractivity contribution in [1.82, 2.24) is 10.2 Å². The molecule has 1 aliphatic heterocycles. The first-order valence-corrected chi connectivity index (χ1v) is 9.69. The molecule has 0 bridgehead atoms. The number of rotatable bonds is 6. The average Bonchev–Trinajstić information content (AvgIpc) is 3.18. The maximum absolute atomic E-state index is 12.3. The Morgan fingerprint density at radius 3 is 2.50 bits per heavy atom. The second-order valence-corrected chi connectivity index (χ2v) is 6.81. The molecule has 1 fully saturated rings. The molecule has 2 aromatic carbocycles. The highest BCUT2D eigenvalue weighted by atomic mass is 16.5. The molecule has 8 nitrogen and oxygen atoms in total. The van der Waals surface area contributed by atoms with Crippen molar-refractivity contribution >= 4 is 17.6 Å². The van der Waals surface area contributed by atoms with Gasteiger partial charge in [0.2, 0.25) is 0 Å². The summed E-state index contributed by atoms with van der Waals surface area (Å²) < 4.78 is 16.1. The van der Waals surface area contributed by atoms with Gasteiger partial charge in [-0.2, -0.15) is 0 Å². The third-order valence-electron chi connectivity index (χ3n) is 5.07. The topological polar surface area (TPSA) is 91.9 Å². The maximum Gasteiger partial charge on any atom is 0.273 e. The first kappa shape index (κ1) is 19.8. The largest absolute Gasteiger partial charge is 0.497 e. The molecule has 30 heavy (non-hydrogen) atoms. The number of nitrogens with zero attached hydrogens (tertiary/aromatic N) is 2. The van der Waals surface area contributed by atoms with E-state index in [4.69, 9.17) is 14.2 Å². The van der Waals surface area contributed by atoms with E-state index in [1.807, 2.05) is 42.5 Å². The summed E-state index contributed by atoms with van der Waals surface area (Å²) in [4.78, 5) is 19.1. The van der Waals surface area contributed by atoms with Gasteiger partial charge in [-0.1, -0.05) is 0 Å². The normalized spacial score (nSPS) is 14.3. The third-order valence-corrected chi connectivity index (χ3v) is 5.07. The number of nitrogens with one attached hydrogen (secondary N) is 2. The number of anilines is 1. The zero-order valence-electron chi connectivity index (χ0n) is 17.0. The van der Waals surface area contributed by atoms with Gasteiger partial charge in [-0.15, -0.1) is 0 Å². The fourth-order valence-corrected chi connectivity index (χ4v) is 3.40. The zero-order valence-corrected chi connectivity index (χ0v) is 17.0. The minimum atomic E-state index is -0.242. The lowest BCUT2D eigenvalue weighted by Gasteiger charge is -2.29. The number of ether oxygens (including phenoxy) is 3. The van der Waals surface area contributed by atoms with Gasteiger partial charge in [0.25, 0.3) is 5.56 Å². The van der Waals surface area contributed by atoms with E-state index in [2.05, 4.69) is 20.1 Å². The molecule has 0 saturated carbocycles. The highest BCUT2D eigenvalue weighted by Crippen LogP contribution is 2.32. The van der Waals surface area contributed by atoms with Gasteiger partial charge in [0.1, 0.15) is 17.2 Å². The van der Waals surface area contributed by atoms with Gasteiger partial charge in [0, 0.05) is 36.6 Å². The highest BCUT2D eigenvalue weighted by molar-refractivity contribution is 5.90. The second-order valence-electron chi connectivity index (χ2n) is 6.81. The van der Waals surface area contributed by atoms with E-state index in [-0.39, 0.29) is 5.56 Å². The van der Waals surface area contributed by atoms with Gasteiger partial charge in [-0.25, -0.2) is 0 Å². The molecule has 1 aliphatic rings. The molecule has 0 atom stereocenters. The number of H-pyrrole nitrogens is 2. The molecule has 0 radical (unpaired) electrons. The van der Waals surface area contributed by atoms with E-state index in [0.29, 0.717) is 35.9 Å². The maximum atomic E-state index is 12.3. The Kier molecular flexibility index (Phi) is 5.85. The van der Waals surface area contributed by atoms with Crippen molar-refractivity contribution < 1.29 is 14.2 Å². The molecular formula is C22H24N4O4. The molecule has 4 rings (SSSR count). The molecule has 1 saturated heterocycles. The standard InChI is InChI=1S/C22H24N4O4/c1-28-17-6-3-15(4-7-17)21-18(22(27)25-24-21)14-23-19-8-5-16(13-20(19)29-2)26-9-11-30-12-10-26/h3-8,13-14H,9-12H2,1-2H3,(H2,24,25,27). The summed E-state index contributed by atoms with van der Waals surface area (Å²) in [6, 6.07) is 13.3. The Morgan fingerprint density at radius 1 is 1.03 bits per heavy atom. The van der Waals surface area contributed by atoms with E-state index in [9.17, 15) is 4.79 Å². The Balaban J connectivity index is 1.62. The molecule has 1 aromatic heterocycles. The van der Waals surface area contributed by atoms with Crippen LogP contribution in [0.1, 0.15) is 5.56 Å². The van der Waals surface area contributed by atoms with Crippen LogP contribution in [-0.4, -0.2) is 56.9 Å². The van der Waals surface area contributed by atoms with Crippen LogP contribution >= 0.6 is 0 Å². The van der Waals surface area contributed by atoms with Gasteiger partial charge >= 0.3 is 0 Å². The number of aromatic nitrogens is 2. The number of methoxy groups -OCH3 is 2. The lowest BCUT2D eigenvalue weighted by molar-refractivity contribution is 0.122. The Labute approximate surface area is 174 Å². The van der Waals surface area contributed by atoms with E-state index in [1.54, 1.807) is 20.4 Å². The number of aromatic amines is 2. The Bertz CT molecular complexity index is 1080. The summed E-state index contributed by atoms with van der Waals surface area (Å²) in [5, 5.41) is 5.55. The fraction of sp³-hybridized carbons (Fsp3) is 0.273. The molecule has 0 spiro atoms. The minimum Gasteiger partial charge on any atom is -0.497 e. The van der Waals surface area contributed by atoms with Crippen LogP contribution in [-0.2, 0) is 4.74 Å². The highest BCUT2D eigenvalue weighted by Gasteiger charge is 2.14. The van der Waals surface area contributed by atoms with Crippen LogP contribution in [0.4, 0.5) is 11.4 Å². The summed E-state index contributed by atoms with van der Waals surface area (Å²) in [5.41, 5.74) is 3.43. The smallest absolute Gasteiger partial charge is 0.273 e. The van der Waals surface area contributed by atoms with Crippen molar-refractivity contribution in [3.8, 4) is 22.8 Å². The molecule has 3 aromatic rings. The summed E-state index contributed by atoms with van der Waals surface area (Å²) >= 11 is 0. The van der Waals surface area contributed by atoms with Crippen LogP contribution in [0, 0.1) is 0 Å². The van der Waals surface area contributed by atoms with Crippen molar-refractivity contribution in [2.75, 3.05) is 45.4 Å². The van der Waals surface area contributed by atoms with Crippen molar-refractivity contribution in [2.45, 2.75) is 0 Å². The van der Waals surface area contributed by atoms with Gasteiger partial charge in [0.05, 0.1) is 38.7 Å². The molecule has 0 aliphatic carbocycles. The van der Waals surface area contributed by atoms with Crippen molar-refractivity contribution in [3.05, 3.63) is 58.4 Å². The summed E-state index contributed by atoms with van der Waals surface area (Å²) in [6.45, 7) is 3.12. The second kappa shape index (κ2) is 8.87. The van der Waals surface area contributed by atoms with Crippen molar-refractivity contribution in [2.24, 2.45) is 4.99 Å². The SMILES string of the molecule is COc1ccc(-c2[nH][nH]c(=O)c2C=Nc2ccc(N3CCOCC3)cc2OC)cc1. The first-order valence-electron chi connectivity index (χ1n) is 9.69. The van der Waals surface area contributed by atoms with E-state index in [1.165, 1.54) is 0 Å². The predicted octanol–water partition coefficient (Wildman–Crippen LogP) is 2.97. The minimum absolute atomic E-state index is 0.242. The van der Waals surface area contributed by atoms with Gasteiger partial charge in [-0.3, -0.25) is 20.0 Å². The molecule has 2 heterocycles. The lowest BCUT2D eigenvalue weighted by atomic mass is 10.1. The number of hydrogen-bond acceptors (Lipinski definition) is 6. The molecule has 0 unspecified atom stereocenters. The van der Waals surface area contributed by atoms with E-state index >= 15 is 0 Å². The van der Waals surface area contributed by atoms with Gasteiger partial charge in [-0.05, 0) is 36.4 Å². The van der Waals surface area contributed by atoms with Crippen LogP contribution in [0.5, 0.6) is 11.5 Å². The predicted molar refractivity (Wildman–Crippen MR) is 117 cm³/mol. The Hall–Kier alpha value is -3.52. The van der Waals surface area contributed by atoms with Crippen LogP contribution < -0.4 is 19.9 Å². The molecule has 2 N–H and O–H groups in total. The van der Waals surface area contributed by atoms with Crippen LogP contribution in [0.15, 0.2) is 52.3 Å². The van der Waals surface area contributed by atoms with Gasteiger partial charge in [0.15, 0.2) is 0 Å². The number of morpholine rings is 1. The zero-order chi connectivity index (χ0) is 20.9. The Morgan fingerprint density at radius 2 is 1.80 bits per heavy atom.